The van der Waals surface area contributed by atoms with Gasteiger partial charge in [0.05, 0.1) is 5.41 Å². The molecule has 6 rings (SSSR count). The number of rotatable bonds is 0. The standard InChI is InChI=1S/C14H12O3/c15-6-1-2-13-9-4-3-5-8(7(4)11(13)16)12(17)14(6,13)10(5)9/h4-5,7-10H,1-3H2/t4-,5+,7-,8+,9+,10-,13-,14+/m0/s1. The molecule has 0 aliphatic heterocycles. The van der Waals surface area contributed by atoms with Gasteiger partial charge in [0, 0.05) is 18.3 Å². The maximum absolute atomic E-state index is 12.7. The molecule has 6 fully saturated rings. The summed E-state index contributed by atoms with van der Waals surface area (Å²) in [6.07, 6.45) is 2.26. The average Bonchev–Trinajstić information content (AvgIpc) is 2.89. The van der Waals surface area contributed by atoms with E-state index < -0.39 is 10.8 Å². The van der Waals surface area contributed by atoms with Crippen molar-refractivity contribution in [1.29, 1.82) is 0 Å². The molecule has 2 spiro atoms. The van der Waals surface area contributed by atoms with Crippen LogP contribution in [0.5, 0.6) is 0 Å². The van der Waals surface area contributed by atoms with E-state index in [0.29, 0.717) is 42.3 Å². The number of fused-ring (bicyclic) bond motifs is 1. The van der Waals surface area contributed by atoms with E-state index in [9.17, 15) is 14.4 Å². The second kappa shape index (κ2) is 1.75. The molecular formula is C14H12O3. The van der Waals surface area contributed by atoms with Gasteiger partial charge < -0.3 is 0 Å². The van der Waals surface area contributed by atoms with E-state index in [1.165, 1.54) is 0 Å². The van der Waals surface area contributed by atoms with Crippen molar-refractivity contribution in [2.45, 2.75) is 19.3 Å². The number of hydrogen-bond donors (Lipinski definition) is 0. The predicted octanol–water partition coefficient (Wildman–Crippen LogP) is 0.616. The van der Waals surface area contributed by atoms with Crippen LogP contribution in [0.1, 0.15) is 19.3 Å². The lowest BCUT2D eigenvalue weighted by molar-refractivity contribution is -0.183. The summed E-state index contributed by atoms with van der Waals surface area (Å²) >= 11 is 0. The highest BCUT2D eigenvalue weighted by Gasteiger charge is 2.98. The molecule has 0 aromatic rings. The molecule has 0 saturated heterocycles. The van der Waals surface area contributed by atoms with Crippen LogP contribution in [0, 0.1) is 46.3 Å². The Morgan fingerprint density at radius 2 is 1.65 bits per heavy atom. The second-order valence-electron chi connectivity index (χ2n) is 7.10. The van der Waals surface area contributed by atoms with Gasteiger partial charge in [-0.1, -0.05) is 0 Å². The first-order chi connectivity index (χ1) is 8.17. The van der Waals surface area contributed by atoms with Gasteiger partial charge in [0.2, 0.25) is 0 Å². The monoisotopic (exact) mass is 228 g/mol. The van der Waals surface area contributed by atoms with E-state index in [-0.39, 0.29) is 23.4 Å². The Balaban J connectivity index is 1.83. The van der Waals surface area contributed by atoms with Crippen LogP contribution < -0.4 is 0 Å². The van der Waals surface area contributed by atoms with Gasteiger partial charge in [-0.25, -0.2) is 0 Å². The Bertz CT molecular complexity index is 578. The van der Waals surface area contributed by atoms with Crippen molar-refractivity contribution in [3.63, 3.8) is 0 Å². The van der Waals surface area contributed by atoms with Crippen LogP contribution in [0.25, 0.3) is 0 Å². The van der Waals surface area contributed by atoms with E-state index in [1.807, 2.05) is 0 Å². The Hall–Kier alpha value is -0.990. The maximum Gasteiger partial charge on any atom is 0.151 e. The Morgan fingerprint density at radius 3 is 2.47 bits per heavy atom. The SMILES string of the molecule is O=C1CC[C@]23C(=O)[C@H]4[C@@H]5C[C@@H]6[C@H]4C(=O)[C@]12[C@@H]6[C@@H]53. The fourth-order valence-electron chi connectivity index (χ4n) is 7.72. The summed E-state index contributed by atoms with van der Waals surface area (Å²) in [5.74, 6) is 2.28. The van der Waals surface area contributed by atoms with Gasteiger partial charge in [-0.3, -0.25) is 14.4 Å². The second-order valence-corrected chi connectivity index (χ2v) is 7.10. The fraction of sp³-hybridized carbons (Fsp3) is 0.786. The zero-order valence-electron chi connectivity index (χ0n) is 9.31. The quantitative estimate of drug-likeness (QED) is 0.571. The normalized spacial score (nSPS) is 71.6. The zero-order valence-corrected chi connectivity index (χ0v) is 9.31. The van der Waals surface area contributed by atoms with Crippen molar-refractivity contribution in [2.75, 3.05) is 0 Å². The van der Waals surface area contributed by atoms with Crippen LogP contribution in [0.2, 0.25) is 0 Å². The van der Waals surface area contributed by atoms with Crippen LogP contribution in [-0.2, 0) is 14.4 Å². The molecule has 0 N–H and O–H groups in total. The van der Waals surface area contributed by atoms with Crippen LogP contribution in [0.4, 0.5) is 0 Å². The summed E-state index contributed by atoms with van der Waals surface area (Å²) in [6, 6.07) is 0. The van der Waals surface area contributed by atoms with Crippen LogP contribution in [0.3, 0.4) is 0 Å². The Kier molecular flexibility index (Phi) is 0.842. The largest absolute Gasteiger partial charge is 0.299 e. The van der Waals surface area contributed by atoms with E-state index >= 15 is 0 Å². The molecular weight excluding hydrogens is 216 g/mol. The summed E-state index contributed by atoms with van der Waals surface area (Å²) in [4.78, 5) is 37.7. The molecule has 6 aliphatic rings. The summed E-state index contributed by atoms with van der Waals surface area (Å²) in [5.41, 5.74) is -1.24. The van der Waals surface area contributed by atoms with Crippen LogP contribution in [-0.4, -0.2) is 17.3 Å². The zero-order chi connectivity index (χ0) is 11.3. The van der Waals surface area contributed by atoms with Gasteiger partial charge in [0.25, 0.3) is 0 Å². The van der Waals surface area contributed by atoms with Crippen molar-refractivity contribution < 1.29 is 14.4 Å². The molecule has 17 heavy (non-hydrogen) atoms. The number of carbonyl (C=O) groups is 3. The van der Waals surface area contributed by atoms with E-state index in [2.05, 4.69) is 0 Å². The molecule has 8 atom stereocenters. The fourth-order valence-corrected chi connectivity index (χ4v) is 7.72. The van der Waals surface area contributed by atoms with Crippen molar-refractivity contribution in [2.24, 2.45) is 46.3 Å². The molecule has 3 nitrogen and oxygen atoms in total. The van der Waals surface area contributed by atoms with E-state index in [4.69, 9.17) is 0 Å². The number of carbonyl (C=O) groups excluding carboxylic acids is 3. The molecule has 2 bridgehead atoms. The number of ketones is 3. The highest BCUT2D eigenvalue weighted by molar-refractivity contribution is 6.24. The lowest BCUT2D eigenvalue weighted by Gasteiger charge is -2.58. The highest BCUT2D eigenvalue weighted by atomic mass is 16.2. The molecule has 86 valence electrons. The molecule has 0 heterocycles. The lowest BCUT2D eigenvalue weighted by Crippen LogP contribution is -2.67. The Labute approximate surface area is 97.9 Å². The number of Topliss-reactive ketones (excluding diaryl/α,β-unsaturated/α-hetero) is 3. The first kappa shape index (κ1) is 8.17. The third kappa shape index (κ3) is 0.397. The molecule has 0 unspecified atom stereocenters. The molecule has 0 amide bonds. The van der Waals surface area contributed by atoms with E-state index in [1.54, 1.807) is 0 Å². The lowest BCUT2D eigenvalue weighted by atomic mass is 9.40. The molecule has 0 aromatic carbocycles. The van der Waals surface area contributed by atoms with Crippen LogP contribution >= 0.6 is 0 Å². The molecule has 0 aromatic heterocycles. The van der Waals surface area contributed by atoms with Crippen molar-refractivity contribution >= 4 is 17.3 Å². The molecule has 0 radical (unpaired) electrons. The first-order valence-corrected chi connectivity index (χ1v) is 6.79. The van der Waals surface area contributed by atoms with Gasteiger partial charge in [-0.05, 0) is 36.5 Å². The van der Waals surface area contributed by atoms with Crippen molar-refractivity contribution in [3.05, 3.63) is 0 Å². The topological polar surface area (TPSA) is 51.2 Å². The van der Waals surface area contributed by atoms with Gasteiger partial charge in [0.15, 0.2) is 5.78 Å². The average molecular weight is 228 g/mol. The van der Waals surface area contributed by atoms with Crippen LogP contribution in [0.15, 0.2) is 0 Å². The third-order valence-corrected chi connectivity index (χ3v) is 7.56. The minimum Gasteiger partial charge on any atom is -0.299 e. The minimum atomic E-state index is -0.772. The number of hydrogen-bond acceptors (Lipinski definition) is 3. The predicted molar refractivity (Wildman–Crippen MR) is 54.7 cm³/mol. The maximum atomic E-state index is 12.7. The van der Waals surface area contributed by atoms with E-state index in [0.717, 1.165) is 6.42 Å². The summed E-state index contributed by atoms with van der Waals surface area (Å²) in [5, 5.41) is 0. The van der Waals surface area contributed by atoms with Gasteiger partial charge >= 0.3 is 0 Å². The van der Waals surface area contributed by atoms with Gasteiger partial charge in [0.1, 0.15) is 17.0 Å². The molecule has 3 heteroatoms. The Morgan fingerprint density at radius 1 is 0.941 bits per heavy atom. The third-order valence-electron chi connectivity index (χ3n) is 7.56. The van der Waals surface area contributed by atoms with Crippen molar-refractivity contribution in [3.8, 4) is 0 Å². The van der Waals surface area contributed by atoms with Gasteiger partial charge in [-0.15, -0.1) is 0 Å². The summed E-state index contributed by atoms with van der Waals surface area (Å²) in [7, 11) is 0. The molecule has 6 aliphatic carbocycles. The highest BCUT2D eigenvalue weighted by Crippen LogP contribution is 2.92. The minimum absolute atomic E-state index is 0.0357. The smallest absolute Gasteiger partial charge is 0.151 e. The van der Waals surface area contributed by atoms with Gasteiger partial charge in [-0.2, -0.15) is 0 Å². The molecule has 6 saturated carbocycles. The summed E-state index contributed by atoms with van der Waals surface area (Å²) in [6.45, 7) is 0. The first-order valence-electron chi connectivity index (χ1n) is 6.79. The summed E-state index contributed by atoms with van der Waals surface area (Å²) < 4.78 is 0. The van der Waals surface area contributed by atoms with Crippen molar-refractivity contribution in [1.82, 2.24) is 0 Å².